The summed E-state index contributed by atoms with van der Waals surface area (Å²) in [6.07, 6.45) is 0. The molecule has 1 N–H and O–H groups in total. The van der Waals surface area contributed by atoms with Crippen molar-refractivity contribution >= 4 is 17.0 Å². The quantitative estimate of drug-likeness (QED) is 0.773. The highest BCUT2D eigenvalue weighted by Crippen LogP contribution is 2.17. The lowest BCUT2D eigenvalue weighted by Crippen LogP contribution is -2.06. The second kappa shape index (κ2) is 3.77. The maximum atomic E-state index is 4.49. The Labute approximate surface area is 89.4 Å². The van der Waals surface area contributed by atoms with Gasteiger partial charge in [0.25, 0.3) is 0 Å². The van der Waals surface area contributed by atoms with Gasteiger partial charge in [-0.15, -0.1) is 0 Å². The molecular weight excluding hydrogens is 186 g/mol. The van der Waals surface area contributed by atoms with Gasteiger partial charge in [-0.3, -0.25) is 0 Å². The van der Waals surface area contributed by atoms with Gasteiger partial charge in [0.05, 0.1) is 11.0 Å². The maximum Gasteiger partial charge on any atom is 0.203 e. The summed E-state index contributed by atoms with van der Waals surface area (Å²) < 4.78 is 2.05. The van der Waals surface area contributed by atoms with Crippen molar-refractivity contribution in [1.29, 1.82) is 0 Å². The van der Waals surface area contributed by atoms with Crippen LogP contribution in [-0.2, 0) is 7.05 Å². The third-order valence-electron chi connectivity index (χ3n) is 2.34. The average molecular weight is 201 g/mol. The van der Waals surface area contributed by atoms with Gasteiger partial charge in [0.15, 0.2) is 0 Å². The van der Waals surface area contributed by atoms with E-state index in [4.69, 9.17) is 0 Å². The van der Waals surface area contributed by atoms with E-state index < -0.39 is 0 Å². The number of rotatable bonds is 3. The van der Waals surface area contributed by atoms with Gasteiger partial charge in [0, 0.05) is 13.6 Å². The Morgan fingerprint density at radius 1 is 1.47 bits per heavy atom. The average Bonchev–Trinajstić information content (AvgIpc) is 2.54. The van der Waals surface area contributed by atoms with Crippen molar-refractivity contribution in [3.8, 4) is 0 Å². The van der Waals surface area contributed by atoms with E-state index in [9.17, 15) is 0 Å². The molecule has 0 amide bonds. The number of para-hydroxylation sites is 2. The molecule has 0 fully saturated rings. The Balaban J connectivity index is 2.36. The summed E-state index contributed by atoms with van der Waals surface area (Å²) in [5, 5.41) is 3.25. The molecule has 3 nitrogen and oxygen atoms in total. The van der Waals surface area contributed by atoms with Gasteiger partial charge in [0.1, 0.15) is 0 Å². The molecule has 1 aromatic carbocycles. The van der Waals surface area contributed by atoms with E-state index in [1.165, 1.54) is 0 Å². The Bertz CT molecular complexity index is 497. The Morgan fingerprint density at radius 3 is 2.87 bits per heavy atom. The van der Waals surface area contributed by atoms with Crippen molar-refractivity contribution in [2.75, 3.05) is 11.9 Å². The number of nitrogens with one attached hydrogen (secondary N) is 1. The number of aryl methyl sites for hydroxylation is 1. The molecular formula is C12H15N3. The molecule has 0 unspecified atom stereocenters. The van der Waals surface area contributed by atoms with E-state index in [1.54, 1.807) is 0 Å². The van der Waals surface area contributed by atoms with E-state index in [-0.39, 0.29) is 0 Å². The number of anilines is 1. The van der Waals surface area contributed by atoms with Crippen LogP contribution in [0.3, 0.4) is 0 Å². The minimum absolute atomic E-state index is 0.761. The molecule has 2 aromatic rings. The third-order valence-corrected chi connectivity index (χ3v) is 2.34. The second-order valence-electron chi connectivity index (χ2n) is 3.79. The monoisotopic (exact) mass is 201 g/mol. The van der Waals surface area contributed by atoms with Crippen LogP contribution in [0.2, 0.25) is 0 Å². The van der Waals surface area contributed by atoms with E-state index in [2.05, 4.69) is 27.5 Å². The zero-order valence-corrected chi connectivity index (χ0v) is 9.12. The van der Waals surface area contributed by atoms with Gasteiger partial charge >= 0.3 is 0 Å². The lowest BCUT2D eigenvalue weighted by atomic mass is 10.3. The lowest BCUT2D eigenvalue weighted by molar-refractivity contribution is 0.939. The first-order chi connectivity index (χ1) is 7.18. The number of fused-ring (bicyclic) bond motifs is 1. The summed E-state index contributed by atoms with van der Waals surface area (Å²) in [6, 6.07) is 8.10. The van der Waals surface area contributed by atoms with Gasteiger partial charge < -0.3 is 9.88 Å². The van der Waals surface area contributed by atoms with Gasteiger partial charge in [-0.2, -0.15) is 0 Å². The van der Waals surface area contributed by atoms with Crippen LogP contribution in [0.5, 0.6) is 0 Å². The number of nitrogens with zero attached hydrogens (tertiary/aromatic N) is 2. The highest BCUT2D eigenvalue weighted by Gasteiger charge is 2.05. The smallest absolute Gasteiger partial charge is 0.203 e. The topological polar surface area (TPSA) is 29.9 Å². The Kier molecular flexibility index (Phi) is 2.46. The van der Waals surface area contributed by atoms with E-state index in [0.717, 1.165) is 29.1 Å². The summed E-state index contributed by atoms with van der Waals surface area (Å²) >= 11 is 0. The number of benzene rings is 1. The third kappa shape index (κ3) is 1.86. The van der Waals surface area contributed by atoms with Crippen molar-refractivity contribution in [3.63, 3.8) is 0 Å². The molecule has 1 heterocycles. The first-order valence-electron chi connectivity index (χ1n) is 4.98. The molecule has 0 radical (unpaired) electrons. The molecule has 0 atom stereocenters. The predicted octanol–water partition coefficient (Wildman–Crippen LogP) is 2.56. The highest BCUT2D eigenvalue weighted by atomic mass is 15.2. The van der Waals surface area contributed by atoms with Gasteiger partial charge in [-0.1, -0.05) is 24.3 Å². The van der Waals surface area contributed by atoms with Crippen molar-refractivity contribution < 1.29 is 0 Å². The number of hydrogen-bond acceptors (Lipinski definition) is 2. The molecule has 0 spiro atoms. The first-order valence-corrected chi connectivity index (χ1v) is 4.98. The molecule has 0 aliphatic carbocycles. The van der Waals surface area contributed by atoms with Crippen LogP contribution >= 0.6 is 0 Å². The Morgan fingerprint density at radius 2 is 2.20 bits per heavy atom. The van der Waals surface area contributed by atoms with E-state index >= 15 is 0 Å². The van der Waals surface area contributed by atoms with Crippen LogP contribution < -0.4 is 5.32 Å². The van der Waals surface area contributed by atoms with Crippen molar-refractivity contribution in [1.82, 2.24) is 9.55 Å². The zero-order chi connectivity index (χ0) is 10.8. The van der Waals surface area contributed by atoms with E-state index in [0.29, 0.717) is 0 Å². The predicted molar refractivity (Wildman–Crippen MR) is 64.0 cm³/mol. The zero-order valence-electron chi connectivity index (χ0n) is 9.12. The summed E-state index contributed by atoms with van der Waals surface area (Å²) in [4.78, 5) is 4.49. The number of imidazole rings is 1. The first kappa shape index (κ1) is 9.77. The molecule has 0 aliphatic rings. The summed E-state index contributed by atoms with van der Waals surface area (Å²) in [5.74, 6) is 0.888. The fraction of sp³-hybridized carbons (Fsp3) is 0.250. The SMILES string of the molecule is C=C(C)CNc1nc2ccccc2n1C. The van der Waals surface area contributed by atoms with E-state index in [1.807, 2.05) is 32.2 Å². The van der Waals surface area contributed by atoms with Crippen LogP contribution in [0.4, 0.5) is 5.95 Å². The molecule has 0 saturated carbocycles. The minimum atomic E-state index is 0.761. The van der Waals surface area contributed by atoms with Crippen molar-refractivity contribution in [2.24, 2.45) is 7.05 Å². The van der Waals surface area contributed by atoms with Crippen LogP contribution in [-0.4, -0.2) is 16.1 Å². The summed E-state index contributed by atoms with van der Waals surface area (Å²) in [6.45, 7) is 6.61. The summed E-state index contributed by atoms with van der Waals surface area (Å²) in [7, 11) is 2.01. The molecule has 78 valence electrons. The van der Waals surface area contributed by atoms with Crippen LogP contribution in [0.15, 0.2) is 36.4 Å². The fourth-order valence-electron chi connectivity index (χ4n) is 1.53. The maximum absolute atomic E-state index is 4.49. The lowest BCUT2D eigenvalue weighted by Gasteiger charge is -2.04. The largest absolute Gasteiger partial charge is 0.352 e. The van der Waals surface area contributed by atoms with Gasteiger partial charge in [0.2, 0.25) is 5.95 Å². The normalized spacial score (nSPS) is 10.5. The molecule has 0 aliphatic heterocycles. The molecule has 15 heavy (non-hydrogen) atoms. The standard InChI is InChI=1S/C12H15N3/c1-9(2)8-13-12-14-10-6-4-5-7-11(10)15(12)3/h4-7H,1,8H2,2-3H3,(H,13,14). The van der Waals surface area contributed by atoms with Gasteiger partial charge in [-0.05, 0) is 19.1 Å². The highest BCUT2D eigenvalue weighted by molar-refractivity contribution is 5.78. The summed E-state index contributed by atoms with van der Waals surface area (Å²) in [5.41, 5.74) is 3.26. The second-order valence-corrected chi connectivity index (χ2v) is 3.79. The minimum Gasteiger partial charge on any atom is -0.352 e. The molecule has 2 rings (SSSR count). The van der Waals surface area contributed by atoms with Crippen LogP contribution in [0.1, 0.15) is 6.92 Å². The molecule has 3 heteroatoms. The van der Waals surface area contributed by atoms with Crippen LogP contribution in [0, 0.1) is 0 Å². The molecule has 1 aromatic heterocycles. The van der Waals surface area contributed by atoms with Gasteiger partial charge in [-0.25, -0.2) is 4.98 Å². The van der Waals surface area contributed by atoms with Crippen molar-refractivity contribution in [3.05, 3.63) is 36.4 Å². The van der Waals surface area contributed by atoms with Crippen LogP contribution in [0.25, 0.3) is 11.0 Å². The fourth-order valence-corrected chi connectivity index (χ4v) is 1.53. The Hall–Kier alpha value is -1.77. The molecule has 0 saturated heterocycles. The molecule has 0 bridgehead atoms. The number of hydrogen-bond donors (Lipinski definition) is 1. The van der Waals surface area contributed by atoms with Crippen molar-refractivity contribution in [2.45, 2.75) is 6.92 Å². The number of aromatic nitrogens is 2.